The minimum atomic E-state index is -0.201. The summed E-state index contributed by atoms with van der Waals surface area (Å²) in [5.74, 6) is 1.16. The number of benzene rings is 2. The summed E-state index contributed by atoms with van der Waals surface area (Å²) in [4.78, 5) is 12.1. The minimum Gasteiger partial charge on any atom is -0.308 e. The minimum absolute atomic E-state index is 0.201. The van der Waals surface area contributed by atoms with E-state index in [1.54, 1.807) is 0 Å². The van der Waals surface area contributed by atoms with Crippen LogP contribution in [-0.4, -0.2) is 6.03 Å². The summed E-state index contributed by atoms with van der Waals surface area (Å²) in [5, 5.41) is 5.80. The van der Waals surface area contributed by atoms with Crippen LogP contribution in [0.15, 0.2) is 48.5 Å². The first-order valence-electron chi connectivity index (χ1n) is 8.40. The molecule has 3 rings (SSSR count). The third-order valence-electron chi connectivity index (χ3n) is 4.56. The van der Waals surface area contributed by atoms with Crippen LogP contribution in [0.2, 0.25) is 0 Å². The Labute approximate surface area is 138 Å². The van der Waals surface area contributed by atoms with Gasteiger partial charge in [-0.05, 0) is 60.1 Å². The molecular weight excluding hydrogens is 284 g/mol. The van der Waals surface area contributed by atoms with E-state index in [1.807, 2.05) is 24.3 Å². The number of hydrogen-bond donors (Lipinski definition) is 2. The van der Waals surface area contributed by atoms with Crippen LogP contribution in [0.25, 0.3) is 0 Å². The summed E-state index contributed by atoms with van der Waals surface area (Å²) in [5.41, 5.74) is 4.26. The fourth-order valence-electron chi connectivity index (χ4n) is 2.86. The van der Waals surface area contributed by atoms with Crippen molar-refractivity contribution in [3.05, 3.63) is 59.7 Å². The van der Waals surface area contributed by atoms with Gasteiger partial charge >= 0.3 is 6.03 Å². The number of rotatable bonds is 4. The predicted molar refractivity (Wildman–Crippen MR) is 96.2 cm³/mol. The van der Waals surface area contributed by atoms with Crippen molar-refractivity contribution in [3.8, 4) is 0 Å². The van der Waals surface area contributed by atoms with Crippen molar-refractivity contribution in [2.24, 2.45) is 0 Å². The van der Waals surface area contributed by atoms with E-state index in [9.17, 15) is 4.79 Å². The molecule has 1 fully saturated rings. The molecule has 2 amide bonds. The molecular formula is C20H24N2O. The van der Waals surface area contributed by atoms with Crippen LogP contribution in [0.3, 0.4) is 0 Å². The molecule has 0 aromatic heterocycles. The summed E-state index contributed by atoms with van der Waals surface area (Å²) in [6, 6.07) is 16.0. The van der Waals surface area contributed by atoms with Gasteiger partial charge in [0.2, 0.25) is 0 Å². The normalized spacial score (nSPS) is 14.4. The third kappa shape index (κ3) is 3.92. The number of amides is 2. The summed E-state index contributed by atoms with van der Waals surface area (Å²) < 4.78 is 0. The highest BCUT2D eigenvalue weighted by atomic mass is 16.2. The van der Waals surface area contributed by atoms with E-state index in [4.69, 9.17) is 0 Å². The first-order valence-corrected chi connectivity index (χ1v) is 8.40. The smallest absolute Gasteiger partial charge is 0.308 e. The van der Waals surface area contributed by atoms with E-state index in [0.29, 0.717) is 11.8 Å². The standard InChI is InChI=1S/C20H24N2O/c1-14(2)15-9-11-18(12-10-15)21-20(23)22-19-8-4-7-17(13-19)16-5-3-6-16/h4,7-14,16H,3,5-6H2,1-2H3,(H2,21,22,23). The van der Waals surface area contributed by atoms with Crippen LogP contribution < -0.4 is 10.6 Å². The largest absolute Gasteiger partial charge is 0.323 e. The van der Waals surface area contributed by atoms with Gasteiger partial charge in [0.05, 0.1) is 0 Å². The molecule has 0 spiro atoms. The Morgan fingerprint density at radius 1 is 1.00 bits per heavy atom. The molecule has 120 valence electrons. The molecule has 0 aliphatic heterocycles. The number of carbonyl (C=O) groups excluding carboxylic acids is 1. The summed E-state index contributed by atoms with van der Waals surface area (Å²) in [7, 11) is 0. The Hall–Kier alpha value is -2.29. The van der Waals surface area contributed by atoms with E-state index in [0.717, 1.165) is 11.4 Å². The molecule has 0 atom stereocenters. The number of anilines is 2. The molecule has 0 radical (unpaired) electrons. The Kier molecular flexibility index (Phi) is 4.65. The van der Waals surface area contributed by atoms with Gasteiger partial charge in [-0.15, -0.1) is 0 Å². The van der Waals surface area contributed by atoms with Gasteiger partial charge in [-0.2, -0.15) is 0 Å². The van der Waals surface area contributed by atoms with E-state index in [1.165, 1.54) is 30.4 Å². The SMILES string of the molecule is CC(C)c1ccc(NC(=O)Nc2cccc(C3CCC3)c2)cc1. The topological polar surface area (TPSA) is 41.1 Å². The van der Waals surface area contributed by atoms with E-state index in [2.05, 4.69) is 48.7 Å². The fraction of sp³-hybridized carbons (Fsp3) is 0.350. The van der Waals surface area contributed by atoms with Gasteiger partial charge < -0.3 is 10.6 Å². The highest BCUT2D eigenvalue weighted by Gasteiger charge is 2.19. The molecule has 1 saturated carbocycles. The van der Waals surface area contributed by atoms with Crippen LogP contribution in [0.5, 0.6) is 0 Å². The van der Waals surface area contributed by atoms with Gasteiger partial charge in [0.1, 0.15) is 0 Å². The maximum atomic E-state index is 12.1. The lowest BCUT2D eigenvalue weighted by Crippen LogP contribution is -2.19. The second kappa shape index (κ2) is 6.86. The number of hydrogen-bond acceptors (Lipinski definition) is 1. The average molecular weight is 308 g/mol. The molecule has 1 aliphatic carbocycles. The van der Waals surface area contributed by atoms with Gasteiger partial charge in [0, 0.05) is 11.4 Å². The van der Waals surface area contributed by atoms with Crippen molar-refractivity contribution in [2.75, 3.05) is 10.6 Å². The second-order valence-corrected chi connectivity index (χ2v) is 6.61. The summed E-state index contributed by atoms with van der Waals surface area (Å²) in [6.45, 7) is 4.31. The molecule has 0 heterocycles. The maximum absolute atomic E-state index is 12.1. The Bertz CT molecular complexity index is 672. The lowest BCUT2D eigenvalue weighted by molar-refractivity contribution is 0.262. The van der Waals surface area contributed by atoms with Gasteiger partial charge in [0.15, 0.2) is 0 Å². The number of nitrogens with one attached hydrogen (secondary N) is 2. The Balaban J connectivity index is 1.60. The van der Waals surface area contributed by atoms with Gasteiger partial charge in [-0.3, -0.25) is 0 Å². The monoisotopic (exact) mass is 308 g/mol. The van der Waals surface area contributed by atoms with Gasteiger partial charge in [-0.25, -0.2) is 4.79 Å². The summed E-state index contributed by atoms with van der Waals surface area (Å²) >= 11 is 0. The zero-order chi connectivity index (χ0) is 16.2. The second-order valence-electron chi connectivity index (χ2n) is 6.61. The molecule has 0 unspecified atom stereocenters. The lowest BCUT2D eigenvalue weighted by atomic mass is 9.80. The highest BCUT2D eigenvalue weighted by Crippen LogP contribution is 2.37. The lowest BCUT2D eigenvalue weighted by Gasteiger charge is -2.26. The van der Waals surface area contributed by atoms with Crippen LogP contribution in [0, 0.1) is 0 Å². The van der Waals surface area contributed by atoms with E-state index in [-0.39, 0.29) is 6.03 Å². The van der Waals surface area contributed by atoms with Crippen molar-refractivity contribution < 1.29 is 4.79 Å². The molecule has 1 aliphatic rings. The molecule has 2 aromatic carbocycles. The Morgan fingerprint density at radius 2 is 1.70 bits per heavy atom. The fourth-order valence-corrected chi connectivity index (χ4v) is 2.86. The van der Waals surface area contributed by atoms with Crippen LogP contribution in [0.1, 0.15) is 56.1 Å². The van der Waals surface area contributed by atoms with Crippen molar-refractivity contribution in [2.45, 2.75) is 44.9 Å². The quantitative estimate of drug-likeness (QED) is 0.745. The third-order valence-corrected chi connectivity index (χ3v) is 4.56. The molecule has 2 N–H and O–H groups in total. The van der Waals surface area contributed by atoms with Crippen molar-refractivity contribution in [1.82, 2.24) is 0 Å². The van der Waals surface area contributed by atoms with Crippen molar-refractivity contribution in [3.63, 3.8) is 0 Å². The van der Waals surface area contributed by atoms with E-state index >= 15 is 0 Å². The predicted octanol–water partition coefficient (Wildman–Crippen LogP) is 5.72. The number of carbonyl (C=O) groups is 1. The first kappa shape index (κ1) is 15.6. The van der Waals surface area contributed by atoms with E-state index < -0.39 is 0 Å². The highest BCUT2D eigenvalue weighted by molar-refractivity contribution is 5.99. The van der Waals surface area contributed by atoms with Gasteiger partial charge in [-0.1, -0.05) is 44.5 Å². The van der Waals surface area contributed by atoms with Crippen LogP contribution >= 0.6 is 0 Å². The summed E-state index contributed by atoms with van der Waals surface area (Å²) in [6.07, 6.45) is 3.84. The van der Waals surface area contributed by atoms with Crippen molar-refractivity contribution in [1.29, 1.82) is 0 Å². The molecule has 2 aromatic rings. The van der Waals surface area contributed by atoms with Crippen LogP contribution in [-0.2, 0) is 0 Å². The molecule has 3 nitrogen and oxygen atoms in total. The van der Waals surface area contributed by atoms with Crippen molar-refractivity contribution >= 4 is 17.4 Å². The zero-order valence-electron chi connectivity index (χ0n) is 13.8. The first-order chi connectivity index (χ1) is 11.1. The molecule has 0 saturated heterocycles. The maximum Gasteiger partial charge on any atom is 0.323 e. The number of urea groups is 1. The Morgan fingerprint density at radius 3 is 2.30 bits per heavy atom. The average Bonchev–Trinajstić information content (AvgIpc) is 2.46. The molecule has 23 heavy (non-hydrogen) atoms. The van der Waals surface area contributed by atoms with Gasteiger partial charge in [0.25, 0.3) is 0 Å². The molecule has 3 heteroatoms. The zero-order valence-corrected chi connectivity index (χ0v) is 13.8. The molecule has 0 bridgehead atoms. The van der Waals surface area contributed by atoms with Crippen LogP contribution in [0.4, 0.5) is 16.2 Å².